The maximum Gasteiger partial charge on any atom is 0.409 e. The summed E-state index contributed by atoms with van der Waals surface area (Å²) < 4.78 is 15.3. The van der Waals surface area contributed by atoms with Gasteiger partial charge in [0.15, 0.2) is 0 Å². The van der Waals surface area contributed by atoms with Crippen molar-refractivity contribution < 1.29 is 23.8 Å². The van der Waals surface area contributed by atoms with Crippen molar-refractivity contribution in [2.24, 2.45) is 5.92 Å². The molecule has 7 nitrogen and oxygen atoms in total. The van der Waals surface area contributed by atoms with E-state index >= 15 is 0 Å². The van der Waals surface area contributed by atoms with Gasteiger partial charge in [0.05, 0.1) is 21.3 Å². The molecule has 1 aliphatic rings. The highest BCUT2D eigenvalue weighted by molar-refractivity contribution is 5.76. The van der Waals surface area contributed by atoms with Crippen LogP contribution in [0.5, 0.6) is 11.5 Å². The number of hydrogen-bond donors (Lipinski definition) is 1. The van der Waals surface area contributed by atoms with Crippen LogP contribution >= 0.6 is 0 Å². The smallest absolute Gasteiger partial charge is 0.409 e. The van der Waals surface area contributed by atoms with Crippen molar-refractivity contribution in [2.45, 2.75) is 32.2 Å². The molecule has 1 saturated heterocycles. The van der Waals surface area contributed by atoms with Gasteiger partial charge in [-0.15, -0.1) is 0 Å². The molecule has 1 atom stereocenters. The topological polar surface area (TPSA) is 77.1 Å². The number of nitrogens with zero attached hydrogens (tertiary/aromatic N) is 1. The van der Waals surface area contributed by atoms with E-state index in [1.165, 1.54) is 7.11 Å². The van der Waals surface area contributed by atoms with Crippen LogP contribution in [-0.2, 0) is 16.1 Å². The van der Waals surface area contributed by atoms with E-state index in [2.05, 4.69) is 5.32 Å². The molecule has 2 amide bonds. The summed E-state index contributed by atoms with van der Waals surface area (Å²) in [5.74, 6) is 1.73. The number of amides is 2. The molecule has 0 spiro atoms. The first-order chi connectivity index (χ1) is 12.6. The minimum Gasteiger partial charge on any atom is -0.497 e. The van der Waals surface area contributed by atoms with Crippen LogP contribution < -0.4 is 14.8 Å². The van der Waals surface area contributed by atoms with Crippen molar-refractivity contribution in [3.63, 3.8) is 0 Å². The molecule has 1 N–H and O–H groups in total. The second kappa shape index (κ2) is 9.89. The summed E-state index contributed by atoms with van der Waals surface area (Å²) in [6, 6.07) is 5.52. The van der Waals surface area contributed by atoms with Crippen LogP contribution in [0.15, 0.2) is 18.2 Å². The Morgan fingerprint density at radius 2 is 2.04 bits per heavy atom. The molecule has 1 aromatic rings. The fraction of sp³-hybridized carbons (Fsp3) is 0.579. The highest BCUT2D eigenvalue weighted by atomic mass is 16.5. The predicted octanol–water partition coefficient (Wildman–Crippen LogP) is 2.58. The number of rotatable bonds is 7. The van der Waals surface area contributed by atoms with Crippen molar-refractivity contribution in [1.29, 1.82) is 0 Å². The molecule has 0 radical (unpaired) electrons. The SMILES string of the molecule is COC(=O)N1CCC[C@H](CCC(=O)NCc2ccc(OC)cc2OC)C1. The van der Waals surface area contributed by atoms with E-state index in [1.807, 2.05) is 12.1 Å². The van der Waals surface area contributed by atoms with E-state index in [4.69, 9.17) is 14.2 Å². The Balaban J connectivity index is 1.78. The Labute approximate surface area is 154 Å². The molecule has 0 bridgehead atoms. The quantitative estimate of drug-likeness (QED) is 0.805. The van der Waals surface area contributed by atoms with Crippen molar-refractivity contribution >= 4 is 12.0 Å². The number of methoxy groups -OCH3 is 3. The number of benzene rings is 1. The van der Waals surface area contributed by atoms with E-state index in [0.717, 1.165) is 31.4 Å². The third-order valence-electron chi connectivity index (χ3n) is 4.70. The standard InChI is InChI=1S/C19H28N2O5/c1-24-16-8-7-15(17(11-16)25-2)12-20-18(22)9-6-14-5-4-10-21(13-14)19(23)26-3/h7-8,11,14H,4-6,9-10,12-13H2,1-3H3,(H,20,22)/t14-/m1/s1. The average Bonchev–Trinajstić information content (AvgIpc) is 2.70. The van der Waals surface area contributed by atoms with E-state index in [1.54, 1.807) is 25.2 Å². The summed E-state index contributed by atoms with van der Waals surface area (Å²) in [5.41, 5.74) is 0.899. The molecule has 0 aliphatic carbocycles. The largest absolute Gasteiger partial charge is 0.497 e. The molecule has 1 aromatic carbocycles. The van der Waals surface area contributed by atoms with Crippen LogP contribution in [0.2, 0.25) is 0 Å². The minimum absolute atomic E-state index is 0.00179. The molecule has 0 unspecified atom stereocenters. The van der Waals surface area contributed by atoms with Gasteiger partial charge in [0.25, 0.3) is 0 Å². The van der Waals surface area contributed by atoms with E-state index in [-0.39, 0.29) is 12.0 Å². The van der Waals surface area contributed by atoms with Gasteiger partial charge in [-0.3, -0.25) is 4.79 Å². The molecule has 1 fully saturated rings. The molecule has 7 heteroatoms. The van der Waals surface area contributed by atoms with Gasteiger partial charge >= 0.3 is 6.09 Å². The van der Waals surface area contributed by atoms with Crippen molar-refractivity contribution in [1.82, 2.24) is 10.2 Å². The zero-order valence-corrected chi connectivity index (χ0v) is 15.7. The Hall–Kier alpha value is -2.44. The number of carbonyl (C=O) groups is 2. The van der Waals surface area contributed by atoms with Crippen LogP contribution in [0.25, 0.3) is 0 Å². The second-order valence-corrected chi connectivity index (χ2v) is 6.42. The van der Waals surface area contributed by atoms with Crippen LogP contribution in [-0.4, -0.2) is 51.3 Å². The lowest BCUT2D eigenvalue weighted by Gasteiger charge is -2.31. The summed E-state index contributed by atoms with van der Waals surface area (Å²) in [4.78, 5) is 25.5. The van der Waals surface area contributed by atoms with Gasteiger partial charge in [-0.25, -0.2) is 4.79 Å². The lowest BCUT2D eigenvalue weighted by Crippen LogP contribution is -2.40. The summed E-state index contributed by atoms with van der Waals surface area (Å²) in [7, 11) is 4.59. The van der Waals surface area contributed by atoms with E-state index in [0.29, 0.717) is 36.9 Å². The molecular weight excluding hydrogens is 336 g/mol. The lowest BCUT2D eigenvalue weighted by molar-refractivity contribution is -0.121. The molecule has 1 heterocycles. The molecule has 1 aliphatic heterocycles. The Kier molecular flexibility index (Phi) is 7.56. The van der Waals surface area contributed by atoms with E-state index < -0.39 is 0 Å². The van der Waals surface area contributed by atoms with Crippen LogP contribution in [0.4, 0.5) is 4.79 Å². The van der Waals surface area contributed by atoms with Gasteiger partial charge in [0.1, 0.15) is 11.5 Å². The highest BCUT2D eigenvalue weighted by Gasteiger charge is 2.24. The van der Waals surface area contributed by atoms with Gasteiger partial charge < -0.3 is 24.4 Å². The van der Waals surface area contributed by atoms with Crippen molar-refractivity contribution in [3.8, 4) is 11.5 Å². The maximum absolute atomic E-state index is 12.2. The van der Waals surface area contributed by atoms with Crippen molar-refractivity contribution in [3.05, 3.63) is 23.8 Å². The Morgan fingerprint density at radius 3 is 2.73 bits per heavy atom. The fourth-order valence-electron chi connectivity index (χ4n) is 3.21. The molecule has 0 saturated carbocycles. The Morgan fingerprint density at radius 1 is 1.23 bits per heavy atom. The second-order valence-electron chi connectivity index (χ2n) is 6.42. The number of piperidine rings is 1. The first-order valence-corrected chi connectivity index (χ1v) is 8.87. The zero-order chi connectivity index (χ0) is 18.9. The van der Waals surface area contributed by atoms with Gasteiger partial charge in [0, 0.05) is 37.7 Å². The lowest BCUT2D eigenvalue weighted by atomic mass is 9.93. The summed E-state index contributed by atoms with van der Waals surface area (Å²) >= 11 is 0. The molecule has 26 heavy (non-hydrogen) atoms. The molecular formula is C19H28N2O5. The van der Waals surface area contributed by atoms with Gasteiger partial charge in [0.2, 0.25) is 5.91 Å². The number of hydrogen-bond acceptors (Lipinski definition) is 5. The van der Waals surface area contributed by atoms with Crippen molar-refractivity contribution in [2.75, 3.05) is 34.4 Å². The molecule has 0 aromatic heterocycles. The Bertz CT molecular complexity index is 620. The summed E-state index contributed by atoms with van der Waals surface area (Å²) in [6.07, 6.45) is 2.90. The number of likely N-dealkylation sites (tertiary alicyclic amines) is 1. The van der Waals surface area contributed by atoms with E-state index in [9.17, 15) is 9.59 Å². The maximum atomic E-state index is 12.2. The normalized spacial score (nSPS) is 16.7. The fourth-order valence-corrected chi connectivity index (χ4v) is 3.21. The first kappa shape index (κ1) is 19.9. The molecule has 2 rings (SSSR count). The van der Waals surface area contributed by atoms with Gasteiger partial charge in [-0.05, 0) is 37.3 Å². The number of ether oxygens (including phenoxy) is 3. The van der Waals surface area contributed by atoms with Gasteiger partial charge in [-0.2, -0.15) is 0 Å². The summed E-state index contributed by atoms with van der Waals surface area (Å²) in [5, 5.41) is 2.93. The van der Waals surface area contributed by atoms with Crippen LogP contribution in [0.1, 0.15) is 31.2 Å². The average molecular weight is 364 g/mol. The number of nitrogens with one attached hydrogen (secondary N) is 1. The highest BCUT2D eigenvalue weighted by Crippen LogP contribution is 2.25. The first-order valence-electron chi connectivity index (χ1n) is 8.87. The predicted molar refractivity (Wildman–Crippen MR) is 97.3 cm³/mol. The monoisotopic (exact) mass is 364 g/mol. The van der Waals surface area contributed by atoms with Crippen LogP contribution in [0.3, 0.4) is 0 Å². The zero-order valence-electron chi connectivity index (χ0n) is 15.7. The summed E-state index contributed by atoms with van der Waals surface area (Å²) in [6.45, 7) is 1.80. The molecule has 144 valence electrons. The third-order valence-corrected chi connectivity index (χ3v) is 4.70. The third kappa shape index (κ3) is 5.54. The van der Waals surface area contributed by atoms with Crippen LogP contribution in [0, 0.1) is 5.92 Å². The number of carbonyl (C=O) groups excluding carboxylic acids is 2. The minimum atomic E-state index is -0.286. The van der Waals surface area contributed by atoms with Gasteiger partial charge in [-0.1, -0.05) is 0 Å².